The van der Waals surface area contributed by atoms with Gasteiger partial charge < -0.3 is 14.9 Å². The van der Waals surface area contributed by atoms with Crippen molar-refractivity contribution in [3.63, 3.8) is 0 Å². The van der Waals surface area contributed by atoms with E-state index in [1.54, 1.807) is 0 Å². The summed E-state index contributed by atoms with van der Waals surface area (Å²) >= 11 is 0. The molecule has 0 saturated carbocycles. The van der Waals surface area contributed by atoms with E-state index in [-0.39, 0.29) is 11.1 Å². The Balaban J connectivity index is 1.62. The number of aromatic amines is 1. The highest BCUT2D eigenvalue weighted by molar-refractivity contribution is 5.86. The van der Waals surface area contributed by atoms with E-state index >= 15 is 0 Å². The van der Waals surface area contributed by atoms with E-state index in [9.17, 15) is 14.9 Å². The van der Waals surface area contributed by atoms with Gasteiger partial charge in [-0.1, -0.05) is 12.1 Å². The number of aromatic nitrogens is 4. The van der Waals surface area contributed by atoms with E-state index in [1.807, 2.05) is 24.3 Å². The molecular weight excluding hydrogens is 360 g/mol. The predicted molar refractivity (Wildman–Crippen MR) is 107 cm³/mol. The Morgan fingerprint density at radius 2 is 2.07 bits per heavy atom. The average Bonchev–Trinajstić information content (AvgIpc) is 3.05. The number of H-pyrrole nitrogens is 1. The second kappa shape index (κ2) is 7.10. The summed E-state index contributed by atoms with van der Waals surface area (Å²) in [5, 5.41) is 14.7. The molecule has 0 atom stereocenters. The Bertz CT molecular complexity index is 1240. The highest BCUT2D eigenvalue weighted by Gasteiger charge is 2.17. The maximum absolute atomic E-state index is 11.9. The number of nitro groups is 1. The first-order valence-electron chi connectivity index (χ1n) is 8.92. The highest BCUT2D eigenvalue weighted by Crippen LogP contribution is 2.28. The predicted octanol–water partition coefficient (Wildman–Crippen LogP) is 2.86. The third-order valence-electron chi connectivity index (χ3n) is 4.67. The van der Waals surface area contributed by atoms with Crippen molar-refractivity contribution in [2.75, 3.05) is 11.9 Å². The van der Waals surface area contributed by atoms with Crippen molar-refractivity contribution in [2.45, 2.75) is 19.9 Å². The van der Waals surface area contributed by atoms with Gasteiger partial charge in [-0.2, -0.15) is 0 Å². The first-order valence-corrected chi connectivity index (χ1v) is 8.92. The third kappa shape index (κ3) is 3.07. The van der Waals surface area contributed by atoms with Gasteiger partial charge in [0.2, 0.25) is 0 Å². The lowest BCUT2D eigenvalue weighted by atomic mass is 10.2. The fourth-order valence-electron chi connectivity index (χ4n) is 3.37. The lowest BCUT2D eigenvalue weighted by molar-refractivity contribution is -0.383. The van der Waals surface area contributed by atoms with Gasteiger partial charge >= 0.3 is 0 Å². The number of benzene rings is 2. The molecule has 142 valence electrons. The number of fused-ring (bicyclic) bond motifs is 2. The smallest absolute Gasteiger partial charge is 0.293 e. The van der Waals surface area contributed by atoms with Crippen LogP contribution in [-0.4, -0.2) is 31.0 Å². The topological polar surface area (TPSA) is 119 Å². The van der Waals surface area contributed by atoms with Crippen LogP contribution in [0, 0.1) is 10.1 Å². The minimum absolute atomic E-state index is 0.157. The standard InChI is InChI=1S/C19H18N6O3/c1-2-24-16-6-4-3-5-13(16)23-18(24)7-8-20-15-10-14-12(9-17(15)25(27)28)19(26)22-11-21-14/h3-6,9-11,20H,2,7-8H2,1H3,(H,21,22,26). The van der Waals surface area contributed by atoms with E-state index in [0.717, 1.165) is 23.4 Å². The SMILES string of the molecule is CCn1c(CCNc2cc3nc[nH]c(=O)c3cc2[N+](=O)[O-])nc2ccccc21. The number of aryl methyl sites for hydroxylation is 1. The van der Waals surface area contributed by atoms with E-state index in [1.165, 1.54) is 18.5 Å². The number of hydrogen-bond donors (Lipinski definition) is 2. The summed E-state index contributed by atoms with van der Waals surface area (Å²) < 4.78 is 2.13. The summed E-state index contributed by atoms with van der Waals surface area (Å²) in [5.41, 5.74) is 2.17. The molecule has 9 heteroatoms. The van der Waals surface area contributed by atoms with Gasteiger partial charge in [-0.15, -0.1) is 0 Å². The zero-order chi connectivity index (χ0) is 19.7. The van der Waals surface area contributed by atoms with Crippen molar-refractivity contribution in [3.05, 3.63) is 69.0 Å². The van der Waals surface area contributed by atoms with Crippen LogP contribution in [0.3, 0.4) is 0 Å². The van der Waals surface area contributed by atoms with Crippen molar-refractivity contribution < 1.29 is 4.92 Å². The van der Waals surface area contributed by atoms with Crippen molar-refractivity contribution >= 4 is 33.3 Å². The van der Waals surface area contributed by atoms with Crippen LogP contribution in [0.25, 0.3) is 21.9 Å². The summed E-state index contributed by atoms with van der Waals surface area (Å²) in [6.07, 6.45) is 1.88. The van der Waals surface area contributed by atoms with Crippen LogP contribution in [0.15, 0.2) is 47.5 Å². The van der Waals surface area contributed by atoms with E-state index in [2.05, 4.69) is 31.8 Å². The summed E-state index contributed by atoms with van der Waals surface area (Å²) in [7, 11) is 0. The van der Waals surface area contributed by atoms with Gasteiger partial charge in [0.05, 0.1) is 33.2 Å². The number of para-hydroxylation sites is 2. The average molecular weight is 378 g/mol. The van der Waals surface area contributed by atoms with Gasteiger partial charge in [0.1, 0.15) is 11.5 Å². The zero-order valence-electron chi connectivity index (χ0n) is 15.2. The molecule has 4 rings (SSSR count). The molecule has 0 fully saturated rings. The van der Waals surface area contributed by atoms with Gasteiger partial charge in [0, 0.05) is 25.6 Å². The van der Waals surface area contributed by atoms with Crippen molar-refractivity contribution in [1.82, 2.24) is 19.5 Å². The molecule has 0 bridgehead atoms. The summed E-state index contributed by atoms with van der Waals surface area (Å²) in [6, 6.07) is 10.7. The van der Waals surface area contributed by atoms with Crippen molar-refractivity contribution in [3.8, 4) is 0 Å². The minimum Gasteiger partial charge on any atom is -0.379 e. The maximum atomic E-state index is 11.9. The molecule has 0 saturated heterocycles. The second-order valence-corrected chi connectivity index (χ2v) is 6.31. The lowest BCUT2D eigenvalue weighted by Gasteiger charge is -2.09. The molecule has 2 aromatic carbocycles. The van der Waals surface area contributed by atoms with E-state index < -0.39 is 10.5 Å². The van der Waals surface area contributed by atoms with Crippen LogP contribution in [0.5, 0.6) is 0 Å². The molecule has 9 nitrogen and oxygen atoms in total. The molecule has 0 spiro atoms. The number of rotatable bonds is 6. The van der Waals surface area contributed by atoms with Crippen LogP contribution in [0.4, 0.5) is 11.4 Å². The van der Waals surface area contributed by atoms with E-state index in [4.69, 9.17) is 0 Å². The summed E-state index contributed by atoms with van der Waals surface area (Å²) in [4.78, 5) is 34.0. The summed E-state index contributed by atoms with van der Waals surface area (Å²) in [5.74, 6) is 0.911. The highest BCUT2D eigenvalue weighted by atomic mass is 16.6. The molecule has 2 N–H and O–H groups in total. The Morgan fingerprint density at radius 3 is 2.86 bits per heavy atom. The van der Waals surface area contributed by atoms with Crippen molar-refractivity contribution in [2.24, 2.45) is 0 Å². The lowest BCUT2D eigenvalue weighted by Crippen LogP contribution is -2.12. The first-order chi connectivity index (χ1) is 13.6. The Hall–Kier alpha value is -3.75. The number of nitrogens with zero attached hydrogens (tertiary/aromatic N) is 4. The van der Waals surface area contributed by atoms with Crippen LogP contribution >= 0.6 is 0 Å². The molecule has 0 unspecified atom stereocenters. The quantitative estimate of drug-likeness (QED) is 0.393. The van der Waals surface area contributed by atoms with Gasteiger partial charge in [-0.05, 0) is 25.1 Å². The molecule has 0 aliphatic heterocycles. The number of nitrogens with one attached hydrogen (secondary N) is 2. The fourth-order valence-corrected chi connectivity index (χ4v) is 3.37. The molecule has 0 aliphatic rings. The van der Waals surface area contributed by atoms with Gasteiger partial charge in [-0.25, -0.2) is 9.97 Å². The Labute approximate surface area is 159 Å². The van der Waals surface area contributed by atoms with Gasteiger partial charge in [0.15, 0.2) is 0 Å². The molecule has 2 heterocycles. The fraction of sp³-hybridized carbons (Fsp3) is 0.211. The molecule has 0 amide bonds. The maximum Gasteiger partial charge on any atom is 0.293 e. The first kappa shape index (κ1) is 17.7. The second-order valence-electron chi connectivity index (χ2n) is 6.31. The number of nitro benzene ring substituents is 1. The van der Waals surface area contributed by atoms with E-state index in [0.29, 0.717) is 24.2 Å². The number of hydrogen-bond acceptors (Lipinski definition) is 6. The van der Waals surface area contributed by atoms with Crippen LogP contribution in [0.1, 0.15) is 12.7 Å². The third-order valence-corrected chi connectivity index (χ3v) is 4.67. The normalized spacial score (nSPS) is 11.2. The largest absolute Gasteiger partial charge is 0.379 e. The minimum atomic E-state index is -0.504. The Morgan fingerprint density at radius 1 is 1.25 bits per heavy atom. The number of imidazole rings is 1. The van der Waals surface area contributed by atoms with Crippen molar-refractivity contribution in [1.29, 1.82) is 0 Å². The van der Waals surface area contributed by atoms with Gasteiger partial charge in [0.25, 0.3) is 11.2 Å². The summed E-state index contributed by atoms with van der Waals surface area (Å²) in [6.45, 7) is 3.31. The molecule has 4 aromatic rings. The number of anilines is 1. The molecule has 0 radical (unpaired) electrons. The Kier molecular flexibility index (Phi) is 4.48. The molecule has 0 aliphatic carbocycles. The van der Waals surface area contributed by atoms with Crippen LogP contribution in [0.2, 0.25) is 0 Å². The van der Waals surface area contributed by atoms with Crippen LogP contribution < -0.4 is 10.9 Å². The molecule has 28 heavy (non-hydrogen) atoms. The van der Waals surface area contributed by atoms with Gasteiger partial charge in [-0.3, -0.25) is 14.9 Å². The molecular formula is C19H18N6O3. The van der Waals surface area contributed by atoms with Crippen LogP contribution in [-0.2, 0) is 13.0 Å². The molecule has 2 aromatic heterocycles. The monoisotopic (exact) mass is 378 g/mol. The zero-order valence-corrected chi connectivity index (χ0v) is 15.2.